The van der Waals surface area contributed by atoms with Crippen LogP contribution in [0.3, 0.4) is 0 Å². The summed E-state index contributed by atoms with van der Waals surface area (Å²) in [6, 6.07) is 20.5. The zero-order chi connectivity index (χ0) is 24.2. The summed E-state index contributed by atoms with van der Waals surface area (Å²) in [5, 5.41) is 0. The number of esters is 2. The monoisotopic (exact) mass is 460 g/mol. The summed E-state index contributed by atoms with van der Waals surface area (Å²) in [5.74, 6) is 0.570. The minimum absolute atomic E-state index is 0.364. The summed E-state index contributed by atoms with van der Waals surface area (Å²) in [4.78, 5) is 24.7. The minimum Gasteiger partial charge on any atom is -0.494 e. The number of aryl methyl sites for hydroxylation is 1. The molecule has 0 aliphatic heterocycles. The van der Waals surface area contributed by atoms with Crippen LogP contribution in [0.4, 0.5) is 0 Å². The van der Waals surface area contributed by atoms with E-state index in [4.69, 9.17) is 14.2 Å². The molecule has 0 aliphatic rings. The molecule has 0 saturated carbocycles. The van der Waals surface area contributed by atoms with Gasteiger partial charge in [0.15, 0.2) is 0 Å². The van der Waals surface area contributed by atoms with E-state index in [1.165, 1.54) is 32.1 Å². The summed E-state index contributed by atoms with van der Waals surface area (Å²) >= 11 is 0. The second-order valence-corrected chi connectivity index (χ2v) is 8.26. The normalized spacial score (nSPS) is 10.5. The third-order valence-corrected chi connectivity index (χ3v) is 5.39. The molecule has 0 unspecified atom stereocenters. The zero-order valence-electron chi connectivity index (χ0n) is 19.9. The van der Waals surface area contributed by atoms with Crippen LogP contribution in [0.25, 0.3) is 0 Å². The third kappa shape index (κ3) is 8.07. The van der Waals surface area contributed by atoms with E-state index in [9.17, 15) is 9.59 Å². The van der Waals surface area contributed by atoms with Crippen LogP contribution in [-0.4, -0.2) is 18.5 Å². The van der Waals surface area contributed by atoms with Gasteiger partial charge in [-0.1, -0.05) is 56.7 Å². The van der Waals surface area contributed by atoms with E-state index in [2.05, 4.69) is 6.92 Å². The Kier molecular flexibility index (Phi) is 9.71. The van der Waals surface area contributed by atoms with Gasteiger partial charge in [0.2, 0.25) is 0 Å². The van der Waals surface area contributed by atoms with Gasteiger partial charge < -0.3 is 14.2 Å². The summed E-state index contributed by atoms with van der Waals surface area (Å²) in [5.41, 5.74) is 1.97. The first-order valence-corrected chi connectivity index (χ1v) is 11.9. The Morgan fingerprint density at radius 3 is 1.56 bits per heavy atom. The van der Waals surface area contributed by atoms with Crippen LogP contribution in [0, 0.1) is 6.92 Å². The average molecular weight is 461 g/mol. The van der Waals surface area contributed by atoms with E-state index < -0.39 is 11.9 Å². The first-order chi connectivity index (χ1) is 16.5. The number of unbranched alkanes of at least 4 members (excludes halogenated alkanes) is 5. The van der Waals surface area contributed by atoms with Crippen molar-refractivity contribution in [2.45, 2.75) is 52.4 Å². The van der Waals surface area contributed by atoms with Gasteiger partial charge in [-0.15, -0.1) is 0 Å². The van der Waals surface area contributed by atoms with Gasteiger partial charge in [0.05, 0.1) is 17.7 Å². The van der Waals surface area contributed by atoms with Gasteiger partial charge >= 0.3 is 11.9 Å². The lowest BCUT2D eigenvalue weighted by atomic mass is 10.1. The lowest BCUT2D eigenvalue weighted by molar-refractivity contribution is 0.0719. The molecular weight excluding hydrogens is 428 g/mol. The van der Waals surface area contributed by atoms with Crippen LogP contribution in [0.2, 0.25) is 0 Å². The molecular formula is C29H32O5. The Balaban J connectivity index is 1.44. The minimum atomic E-state index is -0.466. The molecule has 5 heteroatoms. The van der Waals surface area contributed by atoms with Crippen molar-refractivity contribution in [2.75, 3.05) is 6.61 Å². The number of ether oxygens (including phenoxy) is 3. The SMILES string of the molecule is CCCCCCCCOc1ccc(C(=O)Oc2ccc(OC(=O)c3ccc(C)cc3)cc2)cc1. The van der Waals surface area contributed by atoms with Crippen molar-refractivity contribution in [2.24, 2.45) is 0 Å². The molecule has 0 atom stereocenters. The molecule has 0 aromatic heterocycles. The second kappa shape index (κ2) is 13.2. The fourth-order valence-electron chi connectivity index (χ4n) is 3.36. The van der Waals surface area contributed by atoms with Gasteiger partial charge in [-0.2, -0.15) is 0 Å². The van der Waals surface area contributed by atoms with Crippen LogP contribution < -0.4 is 14.2 Å². The second-order valence-electron chi connectivity index (χ2n) is 8.26. The predicted molar refractivity (Wildman–Crippen MR) is 133 cm³/mol. The summed E-state index contributed by atoms with van der Waals surface area (Å²) in [7, 11) is 0. The molecule has 3 aromatic rings. The maximum atomic E-state index is 12.4. The highest BCUT2D eigenvalue weighted by atomic mass is 16.5. The van der Waals surface area contributed by atoms with Crippen LogP contribution in [0.5, 0.6) is 17.2 Å². The zero-order valence-corrected chi connectivity index (χ0v) is 19.9. The molecule has 0 spiro atoms. The van der Waals surface area contributed by atoms with Crippen LogP contribution >= 0.6 is 0 Å². The van der Waals surface area contributed by atoms with Gasteiger partial charge in [-0.25, -0.2) is 9.59 Å². The Morgan fingerprint density at radius 2 is 1.03 bits per heavy atom. The van der Waals surface area contributed by atoms with E-state index in [0.29, 0.717) is 29.2 Å². The molecule has 0 bridgehead atoms. The Bertz CT molecular complexity index is 1040. The third-order valence-electron chi connectivity index (χ3n) is 5.39. The van der Waals surface area contributed by atoms with Gasteiger partial charge in [0.25, 0.3) is 0 Å². The number of rotatable bonds is 12. The molecule has 0 radical (unpaired) electrons. The first kappa shape index (κ1) is 25.0. The highest BCUT2D eigenvalue weighted by Crippen LogP contribution is 2.21. The van der Waals surface area contributed by atoms with Crippen LogP contribution in [0.1, 0.15) is 71.7 Å². The highest BCUT2D eigenvalue weighted by molar-refractivity contribution is 5.92. The van der Waals surface area contributed by atoms with Crippen molar-refractivity contribution in [1.82, 2.24) is 0 Å². The van der Waals surface area contributed by atoms with E-state index in [1.807, 2.05) is 19.1 Å². The molecule has 3 rings (SSSR count). The van der Waals surface area contributed by atoms with Crippen molar-refractivity contribution in [1.29, 1.82) is 0 Å². The fraction of sp³-hybridized carbons (Fsp3) is 0.310. The molecule has 178 valence electrons. The molecule has 5 nitrogen and oxygen atoms in total. The van der Waals surface area contributed by atoms with Crippen molar-refractivity contribution in [3.63, 3.8) is 0 Å². The summed E-state index contributed by atoms with van der Waals surface area (Å²) < 4.78 is 16.5. The van der Waals surface area contributed by atoms with Crippen molar-refractivity contribution in [3.8, 4) is 17.2 Å². The van der Waals surface area contributed by atoms with Crippen LogP contribution in [0.15, 0.2) is 72.8 Å². The number of hydrogen-bond acceptors (Lipinski definition) is 5. The lowest BCUT2D eigenvalue weighted by Crippen LogP contribution is -2.09. The van der Waals surface area contributed by atoms with Crippen LogP contribution in [-0.2, 0) is 0 Å². The number of carbonyl (C=O) groups is 2. The highest BCUT2D eigenvalue weighted by Gasteiger charge is 2.11. The predicted octanol–water partition coefficient (Wildman–Crippen LogP) is 7.17. The molecule has 0 heterocycles. The molecule has 0 aliphatic carbocycles. The molecule has 3 aromatic carbocycles. The summed E-state index contributed by atoms with van der Waals surface area (Å²) in [6.45, 7) is 4.84. The Morgan fingerprint density at radius 1 is 0.588 bits per heavy atom. The fourth-order valence-corrected chi connectivity index (χ4v) is 3.36. The topological polar surface area (TPSA) is 61.8 Å². The molecule has 0 N–H and O–H groups in total. The Labute approximate surface area is 201 Å². The maximum absolute atomic E-state index is 12.4. The van der Waals surface area contributed by atoms with E-state index >= 15 is 0 Å². The molecule has 0 saturated heterocycles. The standard InChI is InChI=1S/C29H32O5/c1-3-4-5-6-7-8-21-32-25-15-13-24(14-16-25)29(31)34-27-19-17-26(18-20-27)33-28(30)23-11-9-22(2)10-12-23/h9-20H,3-8,21H2,1-2H3. The molecule has 0 amide bonds. The molecule has 34 heavy (non-hydrogen) atoms. The Hall–Kier alpha value is -3.60. The average Bonchev–Trinajstić information content (AvgIpc) is 2.85. The van der Waals surface area contributed by atoms with Crippen molar-refractivity contribution in [3.05, 3.63) is 89.5 Å². The van der Waals surface area contributed by atoms with Gasteiger partial charge in [-0.05, 0) is 74.0 Å². The number of carbonyl (C=O) groups excluding carboxylic acids is 2. The quantitative estimate of drug-likeness (QED) is 0.163. The first-order valence-electron chi connectivity index (χ1n) is 11.9. The molecule has 0 fully saturated rings. The van der Waals surface area contributed by atoms with E-state index in [0.717, 1.165) is 17.7 Å². The number of benzene rings is 3. The van der Waals surface area contributed by atoms with E-state index in [-0.39, 0.29) is 0 Å². The van der Waals surface area contributed by atoms with Crippen molar-refractivity contribution >= 4 is 11.9 Å². The maximum Gasteiger partial charge on any atom is 0.343 e. The van der Waals surface area contributed by atoms with Gasteiger partial charge in [-0.3, -0.25) is 0 Å². The van der Waals surface area contributed by atoms with E-state index in [1.54, 1.807) is 60.7 Å². The van der Waals surface area contributed by atoms with Gasteiger partial charge in [0, 0.05) is 0 Å². The van der Waals surface area contributed by atoms with Crippen molar-refractivity contribution < 1.29 is 23.8 Å². The smallest absolute Gasteiger partial charge is 0.343 e. The lowest BCUT2D eigenvalue weighted by Gasteiger charge is -2.08. The van der Waals surface area contributed by atoms with Gasteiger partial charge in [0.1, 0.15) is 17.2 Å². The largest absolute Gasteiger partial charge is 0.494 e. The number of hydrogen-bond donors (Lipinski definition) is 0. The summed E-state index contributed by atoms with van der Waals surface area (Å²) in [6.07, 6.45) is 7.29.